The average molecular weight is 201 g/mol. The molecule has 0 aliphatic heterocycles. The summed E-state index contributed by atoms with van der Waals surface area (Å²) in [6, 6.07) is 0. The highest BCUT2D eigenvalue weighted by molar-refractivity contribution is 5.77. The van der Waals surface area contributed by atoms with Crippen LogP contribution in [0, 0.1) is 0 Å². The van der Waals surface area contributed by atoms with Crippen LogP contribution >= 0.6 is 0 Å². The highest BCUT2D eigenvalue weighted by atomic mass is 16.5. The van der Waals surface area contributed by atoms with Gasteiger partial charge in [0.25, 0.3) is 0 Å². The minimum absolute atomic E-state index is 0.0600. The van der Waals surface area contributed by atoms with Gasteiger partial charge in [0.15, 0.2) is 0 Å². The summed E-state index contributed by atoms with van der Waals surface area (Å²) in [4.78, 5) is 11.2. The minimum atomic E-state index is -0.0954. The van der Waals surface area contributed by atoms with Crippen LogP contribution in [-0.4, -0.2) is 38.4 Å². The van der Waals surface area contributed by atoms with Crippen molar-refractivity contribution in [2.45, 2.75) is 31.8 Å². The van der Waals surface area contributed by atoms with Gasteiger partial charge in [-0.2, -0.15) is 0 Å². The van der Waals surface area contributed by atoms with Gasteiger partial charge in [0, 0.05) is 20.3 Å². The maximum absolute atomic E-state index is 11.2. The molecule has 1 aliphatic rings. The zero-order valence-electron chi connectivity index (χ0n) is 8.97. The van der Waals surface area contributed by atoms with E-state index in [-0.39, 0.29) is 18.1 Å². The number of amides is 1. The van der Waals surface area contributed by atoms with Gasteiger partial charge in [-0.05, 0) is 26.2 Å². The highest BCUT2D eigenvalue weighted by Crippen LogP contribution is 2.34. The first-order valence-electron chi connectivity index (χ1n) is 5.12. The van der Waals surface area contributed by atoms with Crippen molar-refractivity contribution in [3.05, 3.63) is 0 Å². The lowest BCUT2D eigenvalue weighted by molar-refractivity contribution is -0.129. The summed E-state index contributed by atoms with van der Waals surface area (Å²) in [6.45, 7) is 3.20. The number of ether oxygens (including phenoxy) is 2. The molecule has 1 N–H and O–H groups in total. The Morgan fingerprint density at radius 2 is 2.21 bits per heavy atom. The fourth-order valence-electron chi connectivity index (χ4n) is 1.53. The van der Waals surface area contributed by atoms with E-state index in [9.17, 15) is 4.79 Å². The molecule has 0 spiro atoms. The van der Waals surface area contributed by atoms with Crippen molar-refractivity contribution >= 4 is 5.91 Å². The summed E-state index contributed by atoms with van der Waals surface area (Å²) in [5, 5.41) is 2.82. The van der Waals surface area contributed by atoms with Crippen LogP contribution in [0.3, 0.4) is 0 Å². The third kappa shape index (κ3) is 2.96. The number of hydrogen-bond acceptors (Lipinski definition) is 3. The van der Waals surface area contributed by atoms with Gasteiger partial charge in [-0.15, -0.1) is 0 Å². The zero-order chi connectivity index (χ0) is 10.4. The molecule has 1 saturated carbocycles. The predicted octanol–water partition coefficient (Wildman–Crippen LogP) is 0.708. The van der Waals surface area contributed by atoms with Gasteiger partial charge >= 0.3 is 0 Å². The smallest absolute Gasteiger partial charge is 0.246 e. The van der Waals surface area contributed by atoms with Crippen LogP contribution in [0.15, 0.2) is 0 Å². The maximum atomic E-state index is 11.2. The predicted molar refractivity (Wildman–Crippen MR) is 53.1 cm³/mol. The number of methoxy groups -OCH3 is 1. The second-order valence-corrected chi connectivity index (χ2v) is 3.65. The molecule has 1 fully saturated rings. The molecule has 0 heterocycles. The maximum Gasteiger partial charge on any atom is 0.246 e. The standard InChI is InChI=1S/C10H19NO3/c1-3-14-7-9(12)11-8-10(13-2)5-4-6-10/h3-8H2,1-2H3,(H,11,12). The van der Waals surface area contributed by atoms with E-state index < -0.39 is 0 Å². The Balaban J connectivity index is 2.15. The number of hydrogen-bond donors (Lipinski definition) is 1. The van der Waals surface area contributed by atoms with Gasteiger partial charge in [0.2, 0.25) is 5.91 Å². The second-order valence-electron chi connectivity index (χ2n) is 3.65. The van der Waals surface area contributed by atoms with Crippen molar-refractivity contribution in [3.63, 3.8) is 0 Å². The van der Waals surface area contributed by atoms with Crippen LogP contribution in [0.5, 0.6) is 0 Å². The topological polar surface area (TPSA) is 47.6 Å². The molecule has 0 aromatic carbocycles. The molecule has 0 aromatic rings. The second kappa shape index (κ2) is 5.32. The number of nitrogens with one attached hydrogen (secondary N) is 1. The Kier molecular flexibility index (Phi) is 4.35. The van der Waals surface area contributed by atoms with Gasteiger partial charge in [-0.3, -0.25) is 4.79 Å². The van der Waals surface area contributed by atoms with Crippen LogP contribution in [0.4, 0.5) is 0 Å². The zero-order valence-corrected chi connectivity index (χ0v) is 8.97. The van der Waals surface area contributed by atoms with E-state index in [1.54, 1.807) is 7.11 Å². The molecular weight excluding hydrogens is 182 g/mol. The summed E-state index contributed by atoms with van der Waals surface area (Å²) < 4.78 is 10.4. The first-order chi connectivity index (χ1) is 6.72. The van der Waals surface area contributed by atoms with Gasteiger partial charge in [-0.1, -0.05) is 0 Å². The minimum Gasteiger partial charge on any atom is -0.376 e. The normalized spacial score (nSPS) is 18.7. The van der Waals surface area contributed by atoms with Crippen molar-refractivity contribution in [2.75, 3.05) is 26.9 Å². The van der Waals surface area contributed by atoms with E-state index in [1.807, 2.05) is 6.92 Å². The summed E-state index contributed by atoms with van der Waals surface area (Å²) in [6.07, 6.45) is 3.27. The van der Waals surface area contributed by atoms with E-state index in [2.05, 4.69) is 5.32 Å². The lowest BCUT2D eigenvalue weighted by Crippen LogP contribution is -2.49. The summed E-state index contributed by atoms with van der Waals surface area (Å²) >= 11 is 0. The van der Waals surface area contributed by atoms with E-state index in [4.69, 9.17) is 9.47 Å². The number of carbonyl (C=O) groups excluding carboxylic acids is 1. The summed E-state index contributed by atoms with van der Waals surface area (Å²) in [5.41, 5.74) is -0.0954. The Bertz CT molecular complexity index is 184. The molecule has 1 rings (SSSR count). The molecule has 0 bridgehead atoms. The van der Waals surface area contributed by atoms with E-state index in [1.165, 1.54) is 6.42 Å². The molecule has 14 heavy (non-hydrogen) atoms. The molecule has 0 radical (unpaired) electrons. The Morgan fingerprint density at radius 3 is 2.64 bits per heavy atom. The number of rotatable bonds is 6. The molecule has 0 saturated heterocycles. The molecule has 1 amide bonds. The fourth-order valence-corrected chi connectivity index (χ4v) is 1.53. The van der Waals surface area contributed by atoms with Gasteiger partial charge in [-0.25, -0.2) is 0 Å². The molecule has 0 atom stereocenters. The summed E-state index contributed by atoms with van der Waals surface area (Å²) in [5.74, 6) is -0.0600. The van der Waals surface area contributed by atoms with Gasteiger partial charge < -0.3 is 14.8 Å². The first kappa shape index (κ1) is 11.5. The fraction of sp³-hybridized carbons (Fsp3) is 0.900. The Labute approximate surface area is 85.0 Å². The van der Waals surface area contributed by atoms with Crippen LogP contribution in [-0.2, 0) is 14.3 Å². The molecule has 1 aliphatic carbocycles. The number of carbonyl (C=O) groups is 1. The van der Waals surface area contributed by atoms with Crippen LogP contribution in [0.1, 0.15) is 26.2 Å². The molecular formula is C10H19NO3. The SMILES string of the molecule is CCOCC(=O)NCC1(OC)CCC1. The van der Waals surface area contributed by atoms with Crippen LogP contribution in [0.2, 0.25) is 0 Å². The van der Waals surface area contributed by atoms with Crippen molar-refractivity contribution in [1.82, 2.24) is 5.32 Å². The highest BCUT2D eigenvalue weighted by Gasteiger charge is 2.37. The molecule has 0 unspecified atom stereocenters. The van der Waals surface area contributed by atoms with Crippen molar-refractivity contribution in [2.24, 2.45) is 0 Å². The monoisotopic (exact) mass is 201 g/mol. The van der Waals surface area contributed by atoms with E-state index in [0.717, 1.165) is 12.8 Å². The lowest BCUT2D eigenvalue weighted by atomic mass is 9.80. The molecule has 4 nitrogen and oxygen atoms in total. The molecule has 4 heteroatoms. The largest absolute Gasteiger partial charge is 0.376 e. The van der Waals surface area contributed by atoms with E-state index in [0.29, 0.717) is 13.2 Å². The van der Waals surface area contributed by atoms with Gasteiger partial charge in [0.05, 0.1) is 5.60 Å². The Morgan fingerprint density at radius 1 is 1.50 bits per heavy atom. The first-order valence-corrected chi connectivity index (χ1v) is 5.12. The third-order valence-corrected chi connectivity index (χ3v) is 2.74. The third-order valence-electron chi connectivity index (χ3n) is 2.74. The van der Waals surface area contributed by atoms with Crippen molar-refractivity contribution < 1.29 is 14.3 Å². The molecule has 82 valence electrons. The lowest BCUT2D eigenvalue weighted by Gasteiger charge is -2.40. The van der Waals surface area contributed by atoms with Crippen LogP contribution < -0.4 is 5.32 Å². The van der Waals surface area contributed by atoms with Crippen molar-refractivity contribution in [3.8, 4) is 0 Å². The Hall–Kier alpha value is -0.610. The van der Waals surface area contributed by atoms with Gasteiger partial charge in [0.1, 0.15) is 6.61 Å². The quantitative estimate of drug-likeness (QED) is 0.688. The van der Waals surface area contributed by atoms with Crippen LogP contribution in [0.25, 0.3) is 0 Å². The van der Waals surface area contributed by atoms with E-state index >= 15 is 0 Å². The molecule has 0 aromatic heterocycles. The van der Waals surface area contributed by atoms with Crippen molar-refractivity contribution in [1.29, 1.82) is 0 Å². The summed E-state index contributed by atoms with van der Waals surface area (Å²) in [7, 11) is 1.70. The average Bonchev–Trinajstić information content (AvgIpc) is 2.14.